The Balaban J connectivity index is 1.76. The first-order valence-electron chi connectivity index (χ1n) is 29.6. The SMILES string of the molecule is CC(=O)Oc1cc(OC(C)=O)c(Oc2cc(OC(C)=O)c(Oc3c(Oc4cc(OC(C)=O)c(Oc5c(Oc6cc(OC(C)=O)c(OC(C)=O)c(OC(C)=O)c6)cc(OC(C)=O)c(OC(C)=O)c5OC(C)=O)c(OC(C)=O)c4)cc(OC(C)=O)c(OC(C)=O)c3OC(C)=O)c(OC(C)=O)c2)c(OC(C)=O)c1. The van der Waals surface area contributed by atoms with Crippen molar-refractivity contribution in [1.29, 1.82) is 0 Å². The number of carbonyl (C=O) groups is 16. The number of rotatable bonds is 26. The molecule has 0 aliphatic heterocycles. The Morgan fingerprint density at radius 3 is 0.543 bits per heavy atom. The monoisotopic (exact) mass is 1470 g/mol. The maximum absolute atomic E-state index is 13.3. The summed E-state index contributed by atoms with van der Waals surface area (Å²) in [5, 5.41) is 0. The molecule has 0 fully saturated rings. The Morgan fingerprint density at radius 1 is 0.143 bits per heavy atom. The van der Waals surface area contributed by atoms with Crippen molar-refractivity contribution in [2.24, 2.45) is 0 Å². The van der Waals surface area contributed by atoms with Crippen molar-refractivity contribution in [3.63, 3.8) is 0 Å². The molecule has 37 heteroatoms. The molecular formula is C68H58O37. The molecule has 0 atom stereocenters. The quantitative estimate of drug-likeness (QED) is 0.0360. The highest BCUT2D eigenvalue weighted by Crippen LogP contribution is 2.60. The van der Waals surface area contributed by atoms with Gasteiger partial charge in [-0.1, -0.05) is 0 Å². The Hall–Kier alpha value is -14.2. The minimum Gasteiger partial charge on any atom is -0.453 e. The normalized spacial score (nSPS) is 10.3. The Labute approximate surface area is 590 Å². The topological polar surface area (TPSA) is 467 Å². The summed E-state index contributed by atoms with van der Waals surface area (Å²) in [6.07, 6.45) is 0. The van der Waals surface area contributed by atoms with E-state index >= 15 is 0 Å². The molecule has 0 aliphatic rings. The zero-order valence-electron chi connectivity index (χ0n) is 57.9. The Bertz CT molecular complexity index is 4500. The van der Waals surface area contributed by atoms with Crippen LogP contribution in [0.3, 0.4) is 0 Å². The van der Waals surface area contributed by atoms with Crippen molar-refractivity contribution in [2.75, 3.05) is 0 Å². The van der Waals surface area contributed by atoms with Crippen molar-refractivity contribution in [3.05, 3.63) is 60.7 Å². The minimum atomic E-state index is -1.27. The van der Waals surface area contributed by atoms with Crippen molar-refractivity contribution >= 4 is 95.5 Å². The lowest BCUT2D eigenvalue weighted by atomic mass is 10.2. The van der Waals surface area contributed by atoms with E-state index in [1.807, 2.05) is 0 Å². The van der Waals surface area contributed by atoms with Crippen LogP contribution in [0.15, 0.2) is 60.7 Å². The fourth-order valence-corrected chi connectivity index (χ4v) is 8.49. The van der Waals surface area contributed by atoms with Crippen LogP contribution in [-0.4, -0.2) is 95.5 Å². The number of ether oxygens (including phenoxy) is 21. The smallest absolute Gasteiger partial charge is 0.308 e. The van der Waals surface area contributed by atoms with Gasteiger partial charge in [0, 0.05) is 171 Å². The van der Waals surface area contributed by atoms with Crippen LogP contribution in [0.4, 0.5) is 0 Å². The average Bonchev–Trinajstić information content (AvgIpc) is 0.768. The third-order valence-electron chi connectivity index (χ3n) is 11.3. The van der Waals surface area contributed by atoms with Crippen LogP contribution >= 0.6 is 0 Å². The summed E-state index contributed by atoms with van der Waals surface area (Å²) >= 11 is 0. The van der Waals surface area contributed by atoms with Crippen molar-refractivity contribution in [1.82, 2.24) is 0 Å². The number of hydrogen-bond donors (Lipinski definition) is 0. The molecule has 552 valence electrons. The molecule has 6 aromatic rings. The summed E-state index contributed by atoms with van der Waals surface area (Å²) in [5.41, 5.74) is 0. The molecule has 0 amide bonds. The Kier molecular flexibility index (Phi) is 26.4. The third kappa shape index (κ3) is 22.9. The molecule has 0 unspecified atom stereocenters. The average molecular weight is 1470 g/mol. The molecule has 0 saturated heterocycles. The summed E-state index contributed by atoms with van der Waals surface area (Å²) in [6, 6.07) is 8.47. The fourth-order valence-electron chi connectivity index (χ4n) is 8.49. The van der Waals surface area contributed by atoms with Gasteiger partial charge in [0.1, 0.15) is 23.0 Å². The van der Waals surface area contributed by atoms with E-state index in [0.29, 0.717) is 0 Å². The number of carbonyl (C=O) groups excluding carboxylic acids is 16. The first kappa shape index (κ1) is 79.8. The minimum absolute atomic E-state index is 0.340. The predicted octanol–water partition coefficient (Wildman–Crippen LogP) is 9.45. The van der Waals surface area contributed by atoms with E-state index in [2.05, 4.69) is 0 Å². The van der Waals surface area contributed by atoms with Gasteiger partial charge in [0.05, 0.1) is 0 Å². The zero-order chi connectivity index (χ0) is 78.2. The number of benzene rings is 6. The van der Waals surface area contributed by atoms with Crippen LogP contribution in [0.25, 0.3) is 0 Å². The standard InChI is InChI=1S/C68H58O37/c1-27(69)85-43-17-49(88-30(4)72)60(50(18-43)89-31(5)73)103-46-23-53(92-34(8)76)62(54(24-46)93-35(9)77)105-66-58(26-56(95-37(11)79)64(98-40(14)82)68(66)100-42(16)84)102-45-21-51(90-32(6)74)61(52(22-45)91-33(7)75)104-65-57(25-55(94-36(10)78)63(97-39(13)81)67(65)99-41(15)83)101-44-19-47(86-28(2)70)59(96-38(12)80)48(20-44)87-29(3)71/h17-26H,1-16H3. The zero-order valence-corrected chi connectivity index (χ0v) is 57.9. The molecule has 6 aromatic carbocycles. The number of hydrogen-bond acceptors (Lipinski definition) is 37. The Morgan fingerprint density at radius 2 is 0.314 bits per heavy atom. The second kappa shape index (κ2) is 34.8. The molecule has 0 aliphatic carbocycles. The van der Waals surface area contributed by atoms with E-state index in [-0.39, 0.29) is 5.75 Å². The van der Waals surface area contributed by atoms with Gasteiger partial charge in [-0.2, -0.15) is 0 Å². The summed E-state index contributed by atoms with van der Waals surface area (Å²) < 4.78 is 118. The van der Waals surface area contributed by atoms with Gasteiger partial charge in [-0.15, -0.1) is 0 Å². The second-order valence-corrected chi connectivity index (χ2v) is 20.7. The molecule has 37 nitrogen and oxygen atoms in total. The van der Waals surface area contributed by atoms with Gasteiger partial charge in [0.15, 0.2) is 69.0 Å². The second-order valence-electron chi connectivity index (χ2n) is 20.7. The van der Waals surface area contributed by atoms with Crippen LogP contribution in [0.5, 0.6) is 149 Å². The molecule has 0 spiro atoms. The van der Waals surface area contributed by atoms with Gasteiger partial charge in [-0.25, -0.2) is 0 Å². The highest BCUT2D eigenvalue weighted by molar-refractivity contribution is 5.87. The maximum atomic E-state index is 13.3. The van der Waals surface area contributed by atoms with Gasteiger partial charge >= 0.3 is 95.5 Å². The molecule has 0 radical (unpaired) electrons. The lowest BCUT2D eigenvalue weighted by molar-refractivity contribution is -0.135. The summed E-state index contributed by atoms with van der Waals surface area (Å²) in [6.45, 7) is 14.2. The van der Waals surface area contributed by atoms with Crippen LogP contribution in [0.1, 0.15) is 111 Å². The highest BCUT2D eigenvalue weighted by Gasteiger charge is 2.36. The van der Waals surface area contributed by atoms with Gasteiger partial charge < -0.3 is 99.5 Å². The highest BCUT2D eigenvalue weighted by atomic mass is 16.7. The molecule has 0 saturated carbocycles. The van der Waals surface area contributed by atoms with E-state index in [9.17, 15) is 76.7 Å². The summed E-state index contributed by atoms with van der Waals surface area (Å²) in [7, 11) is 0. The van der Waals surface area contributed by atoms with Gasteiger partial charge in [0.25, 0.3) is 0 Å². The van der Waals surface area contributed by atoms with Crippen molar-refractivity contribution in [3.8, 4) is 149 Å². The van der Waals surface area contributed by atoms with E-state index in [0.717, 1.165) is 171 Å². The van der Waals surface area contributed by atoms with Crippen LogP contribution < -0.4 is 99.5 Å². The molecule has 0 bridgehead atoms. The van der Waals surface area contributed by atoms with Gasteiger partial charge in [0.2, 0.25) is 57.5 Å². The lowest BCUT2D eigenvalue weighted by Crippen LogP contribution is -2.13. The first-order chi connectivity index (χ1) is 49.1. The molecule has 105 heavy (non-hydrogen) atoms. The first-order valence-corrected chi connectivity index (χ1v) is 29.6. The van der Waals surface area contributed by atoms with Gasteiger partial charge in [-0.3, -0.25) is 76.7 Å². The lowest BCUT2D eigenvalue weighted by Gasteiger charge is -2.23. The fraction of sp³-hybridized carbons (Fsp3) is 0.235. The van der Waals surface area contributed by atoms with Gasteiger partial charge in [-0.05, 0) is 0 Å². The van der Waals surface area contributed by atoms with Crippen LogP contribution in [-0.2, 0) is 76.7 Å². The molecule has 0 heterocycles. The molecule has 0 aromatic heterocycles. The van der Waals surface area contributed by atoms with E-state index in [1.54, 1.807) is 0 Å². The predicted molar refractivity (Wildman–Crippen MR) is 340 cm³/mol. The maximum Gasteiger partial charge on any atom is 0.308 e. The van der Waals surface area contributed by atoms with E-state index < -0.39 is 239 Å². The summed E-state index contributed by atoms with van der Waals surface area (Å²) in [5.74, 6) is -38.5. The molecule has 0 N–H and O–H groups in total. The van der Waals surface area contributed by atoms with Crippen LogP contribution in [0, 0.1) is 0 Å². The van der Waals surface area contributed by atoms with Crippen LogP contribution in [0.2, 0.25) is 0 Å². The largest absolute Gasteiger partial charge is 0.453 e. The molecule has 6 rings (SSSR count). The third-order valence-corrected chi connectivity index (χ3v) is 11.3. The summed E-state index contributed by atoms with van der Waals surface area (Å²) in [4.78, 5) is 205. The van der Waals surface area contributed by atoms with Crippen molar-refractivity contribution in [2.45, 2.75) is 111 Å². The van der Waals surface area contributed by atoms with E-state index in [4.69, 9.17) is 99.5 Å². The van der Waals surface area contributed by atoms with E-state index in [1.165, 1.54) is 0 Å². The van der Waals surface area contributed by atoms with Crippen molar-refractivity contribution < 1.29 is 176 Å². The molecular weight excluding hydrogens is 1410 g/mol. The number of esters is 16.